The molecule has 9 aromatic rings. The number of ether oxygens (including phenoxy) is 2. The molecule has 23 heteroatoms. The second-order valence-corrected chi connectivity index (χ2v) is 24.1. The predicted molar refractivity (Wildman–Crippen MR) is 350 cm³/mol. The van der Waals surface area contributed by atoms with Crippen LogP contribution in [0.15, 0.2) is 116 Å². The van der Waals surface area contributed by atoms with Crippen molar-refractivity contribution in [1.29, 1.82) is 0 Å². The lowest BCUT2D eigenvalue weighted by Gasteiger charge is -2.41. The third-order valence-corrected chi connectivity index (χ3v) is 18.0. The number of nitrogen functional groups attached to an aromatic ring is 2. The molecule has 23 nitrogen and oxygen atoms in total. The highest BCUT2D eigenvalue weighted by Crippen LogP contribution is 2.42. The first-order valence-electron chi connectivity index (χ1n) is 31.2. The van der Waals surface area contributed by atoms with E-state index < -0.39 is 11.9 Å². The van der Waals surface area contributed by atoms with Crippen LogP contribution in [0.5, 0.6) is 11.5 Å². The largest absolute Gasteiger partial charge is 0.495 e. The number of nitrogens with two attached hydrogens (primary N) is 2. The summed E-state index contributed by atoms with van der Waals surface area (Å²) in [5.74, 6) is 0.909. The van der Waals surface area contributed by atoms with E-state index in [0.717, 1.165) is 169 Å². The standard InChI is InChI=1S/C32H37N9.C31H38N8O2.2C2H4O2/c1-22-20-28(23-6-4-3-5-7-23)40(36-22)26-10-8-24(9-11-26)30-29-31(33)34-21-35-32(29)41(37-30)27-14-12-25(13-15-27)39-18-16-38(2)17-19-39;1-37-13-15-38(16-14-37)21-8-10-22(11-9-21)39-31-28(30(32)33-19-34-31)29(36-39)20-7-12-24(27(17-20)40-2)35-25-18-41-26-6-4-3-5-23(25)26;2*1-2(3)4/h3-11,20-21,25,27H,12-19H2,1-2H3,(H2,33,34,35);3-7,12,17,19,21-22,25,35H,8-11,13-16,18H2,1-2H3,(H2,32,33,34);2*1H3,(H,3,4)/t25-,27-;21-,22-,25?;;. The molecule has 90 heavy (non-hydrogen) atoms. The molecule has 14 rings (SSSR count). The van der Waals surface area contributed by atoms with E-state index in [1.807, 2.05) is 48.0 Å². The quantitative estimate of drug-likeness (QED) is 0.0806. The van der Waals surface area contributed by atoms with Crippen LogP contribution in [0.4, 0.5) is 17.3 Å². The number of piperazine rings is 2. The molecule has 8 heterocycles. The number of carboxylic acid groups (broad SMARTS) is 2. The number of hydrogen-bond acceptors (Lipinski definition) is 18. The minimum Gasteiger partial charge on any atom is -0.495 e. The van der Waals surface area contributed by atoms with E-state index in [-0.39, 0.29) is 12.1 Å². The summed E-state index contributed by atoms with van der Waals surface area (Å²) >= 11 is 0. The van der Waals surface area contributed by atoms with Crippen LogP contribution in [0.3, 0.4) is 0 Å². The first kappa shape index (κ1) is 62.6. The Morgan fingerprint density at radius 3 is 1.58 bits per heavy atom. The number of methoxy groups -OCH3 is 1. The van der Waals surface area contributed by atoms with Crippen LogP contribution < -0.4 is 26.3 Å². The lowest BCUT2D eigenvalue weighted by molar-refractivity contribution is -0.135. The number of likely N-dealkylation sites (N-methyl/N-ethyl adjacent to an activating group) is 2. The van der Waals surface area contributed by atoms with Crippen molar-refractivity contribution in [2.24, 2.45) is 0 Å². The SMILES string of the molecule is CC(=O)O.CC(=O)O.COc1cc(-c2nn([C@H]3CC[C@H](N4CCN(C)CC4)CC3)c3ncnc(N)c23)ccc1NC1COc2ccccc21.Cc1cc(-c2ccccc2)n(-c2ccc(-c3nn([C@H]4CC[C@H](N5CCN(C)CC5)CC4)c4ncnc(N)c34)cc2)n1. The van der Waals surface area contributed by atoms with Crippen LogP contribution in [0, 0.1) is 6.92 Å². The van der Waals surface area contributed by atoms with Crippen molar-refractivity contribution in [2.75, 3.05) is 97.0 Å². The van der Waals surface area contributed by atoms with Gasteiger partial charge in [0.1, 0.15) is 53.8 Å². The molecular weight excluding hydrogens is 1140 g/mol. The molecular formula is C67H83N17O6. The van der Waals surface area contributed by atoms with Gasteiger partial charge in [0.05, 0.1) is 58.8 Å². The van der Waals surface area contributed by atoms with Crippen molar-refractivity contribution in [3.63, 3.8) is 0 Å². The smallest absolute Gasteiger partial charge is 0.300 e. The van der Waals surface area contributed by atoms with Crippen molar-refractivity contribution < 1.29 is 29.3 Å². The van der Waals surface area contributed by atoms with Crippen LogP contribution >= 0.6 is 0 Å². The van der Waals surface area contributed by atoms with E-state index in [0.29, 0.717) is 36.4 Å². The van der Waals surface area contributed by atoms with Gasteiger partial charge >= 0.3 is 0 Å². The van der Waals surface area contributed by atoms with Crippen molar-refractivity contribution >= 4 is 51.3 Å². The molecule has 2 saturated heterocycles. The number of nitrogens with one attached hydrogen (secondary N) is 1. The first-order valence-corrected chi connectivity index (χ1v) is 31.2. The van der Waals surface area contributed by atoms with Crippen molar-refractivity contribution in [2.45, 2.75) is 102 Å². The Bertz CT molecular complexity index is 3880. The number of aryl methyl sites for hydroxylation is 1. The van der Waals surface area contributed by atoms with Gasteiger partial charge in [0, 0.05) is 101 Å². The number of anilines is 3. The zero-order valence-corrected chi connectivity index (χ0v) is 52.3. The third kappa shape index (κ3) is 14.2. The number of benzene rings is 4. The van der Waals surface area contributed by atoms with Crippen molar-refractivity contribution in [1.82, 2.24) is 68.9 Å². The highest BCUT2D eigenvalue weighted by atomic mass is 16.5. The highest BCUT2D eigenvalue weighted by molar-refractivity contribution is 5.99. The van der Waals surface area contributed by atoms with Gasteiger partial charge in [-0.15, -0.1) is 0 Å². The van der Waals surface area contributed by atoms with Crippen LogP contribution in [0.1, 0.15) is 94.6 Å². The normalized spacial score (nSPS) is 20.5. The fourth-order valence-corrected chi connectivity index (χ4v) is 13.3. The highest BCUT2D eigenvalue weighted by Gasteiger charge is 2.33. The summed E-state index contributed by atoms with van der Waals surface area (Å²) in [5, 5.41) is 35.2. The molecule has 2 aliphatic carbocycles. The van der Waals surface area contributed by atoms with Crippen LogP contribution in [0.2, 0.25) is 0 Å². The summed E-state index contributed by atoms with van der Waals surface area (Å²) in [6, 6.07) is 37.1. The molecule has 7 N–H and O–H groups in total. The number of fused-ring (bicyclic) bond motifs is 3. The van der Waals surface area contributed by atoms with Gasteiger partial charge in [0.2, 0.25) is 0 Å². The molecule has 1 atom stereocenters. The fraction of sp³-hybridized carbons (Fsp3) is 0.418. The Hall–Kier alpha value is -9.03. The van der Waals surface area contributed by atoms with Gasteiger partial charge in [0.25, 0.3) is 11.9 Å². The lowest BCUT2D eigenvalue weighted by atomic mass is 9.90. The molecule has 3 aliphatic heterocycles. The van der Waals surface area contributed by atoms with Crippen molar-refractivity contribution in [3.8, 4) is 51.0 Å². The van der Waals surface area contributed by atoms with Gasteiger partial charge < -0.3 is 46.3 Å². The minimum atomic E-state index is -0.833. The number of para-hydroxylation sites is 1. The van der Waals surface area contributed by atoms with E-state index in [2.05, 4.69) is 135 Å². The molecule has 4 fully saturated rings. The monoisotopic (exact) mass is 1220 g/mol. The van der Waals surface area contributed by atoms with E-state index in [9.17, 15) is 0 Å². The summed E-state index contributed by atoms with van der Waals surface area (Å²) in [6.45, 7) is 14.1. The lowest BCUT2D eigenvalue weighted by Crippen LogP contribution is -2.49. The molecule has 2 saturated carbocycles. The average Bonchev–Trinajstić information content (AvgIpc) is 1.71. The zero-order chi connectivity index (χ0) is 63.0. The maximum atomic E-state index is 9.00. The molecule has 5 aliphatic rings. The predicted octanol–water partition coefficient (Wildman–Crippen LogP) is 9.51. The third-order valence-electron chi connectivity index (χ3n) is 18.0. The molecule has 0 bridgehead atoms. The number of aromatic nitrogens is 10. The van der Waals surface area contributed by atoms with Gasteiger partial charge in [-0.05, 0) is 109 Å². The topological polar surface area (TPSA) is 275 Å². The number of rotatable bonds is 11. The Morgan fingerprint density at radius 1 is 0.578 bits per heavy atom. The van der Waals surface area contributed by atoms with Gasteiger partial charge in [0.15, 0.2) is 11.3 Å². The van der Waals surface area contributed by atoms with E-state index >= 15 is 0 Å². The molecule has 0 spiro atoms. The first-order chi connectivity index (χ1) is 43.6. The Morgan fingerprint density at radius 2 is 1.06 bits per heavy atom. The summed E-state index contributed by atoms with van der Waals surface area (Å²) < 4.78 is 17.9. The Labute approximate surface area is 524 Å². The molecule has 4 aromatic carbocycles. The number of carboxylic acids is 2. The van der Waals surface area contributed by atoms with Crippen LogP contribution in [-0.2, 0) is 9.59 Å². The van der Waals surface area contributed by atoms with E-state index in [1.54, 1.807) is 19.8 Å². The summed E-state index contributed by atoms with van der Waals surface area (Å²) in [5.41, 5.74) is 24.3. The van der Waals surface area contributed by atoms with Gasteiger partial charge in [-0.2, -0.15) is 15.3 Å². The zero-order valence-electron chi connectivity index (χ0n) is 52.3. The molecule has 0 radical (unpaired) electrons. The Kier molecular flexibility index (Phi) is 19.6. The molecule has 1 unspecified atom stereocenters. The summed E-state index contributed by atoms with van der Waals surface area (Å²) in [7, 11) is 6.12. The summed E-state index contributed by atoms with van der Waals surface area (Å²) in [6.07, 6.45) is 12.2. The van der Waals surface area contributed by atoms with Crippen LogP contribution in [0.25, 0.3) is 61.5 Å². The van der Waals surface area contributed by atoms with Crippen molar-refractivity contribution in [3.05, 3.63) is 127 Å². The second-order valence-electron chi connectivity index (χ2n) is 24.1. The number of hydrogen-bond donors (Lipinski definition) is 5. The maximum Gasteiger partial charge on any atom is 0.300 e. The number of nitrogens with zero attached hydrogens (tertiary/aromatic N) is 14. The van der Waals surface area contributed by atoms with E-state index in [4.69, 9.17) is 56.0 Å². The van der Waals surface area contributed by atoms with Gasteiger partial charge in [-0.1, -0.05) is 66.7 Å². The number of aliphatic carboxylic acids is 2. The van der Waals surface area contributed by atoms with Gasteiger partial charge in [-0.3, -0.25) is 19.4 Å². The second kappa shape index (κ2) is 28.2. The number of carbonyl (C=O) groups is 2. The maximum absolute atomic E-state index is 9.00. The molecule has 5 aromatic heterocycles. The minimum absolute atomic E-state index is 0.0519. The average molecular weight is 1220 g/mol. The molecule has 0 amide bonds. The van der Waals surface area contributed by atoms with E-state index in [1.165, 1.54) is 38.8 Å². The molecule has 472 valence electrons. The van der Waals surface area contributed by atoms with Gasteiger partial charge in [-0.25, -0.2) is 34.0 Å². The Balaban J connectivity index is 0.000000166. The summed E-state index contributed by atoms with van der Waals surface area (Å²) in [4.78, 5) is 46.2. The van der Waals surface area contributed by atoms with Crippen LogP contribution in [-0.4, -0.2) is 183 Å². The fourth-order valence-electron chi connectivity index (χ4n) is 13.3.